The lowest BCUT2D eigenvalue weighted by atomic mass is 10.2. The van der Waals surface area contributed by atoms with Gasteiger partial charge in [-0.3, -0.25) is 4.57 Å². The molecule has 3 atom stereocenters. The second-order valence-electron chi connectivity index (χ2n) is 3.46. The first kappa shape index (κ1) is 11.3. The van der Waals surface area contributed by atoms with Crippen LogP contribution in [0.25, 0.3) is 0 Å². The van der Waals surface area contributed by atoms with Gasteiger partial charge in [-0.05, 0) is 22.6 Å². The average molecular weight is 326 g/mol. The zero-order chi connectivity index (χ0) is 11.1. The smallest absolute Gasteiger partial charge is 0.256 e. The number of ether oxygens (including phenoxy) is 1. The molecule has 1 aliphatic rings. The number of aliphatic hydroxyl groups excluding tert-OH is 2. The van der Waals surface area contributed by atoms with Crippen molar-refractivity contribution in [3.8, 4) is 0 Å². The van der Waals surface area contributed by atoms with Crippen molar-refractivity contribution in [2.24, 2.45) is 0 Å². The summed E-state index contributed by atoms with van der Waals surface area (Å²) in [6.07, 6.45) is 1.42. The third-order valence-corrected chi connectivity index (χ3v) is 2.94. The van der Waals surface area contributed by atoms with Crippen LogP contribution in [-0.2, 0) is 10.6 Å². The molecule has 0 amide bonds. The number of hydrogen-bond donors (Lipinski definition) is 3. The largest absolute Gasteiger partial charge is 0.394 e. The van der Waals surface area contributed by atoms with E-state index in [-0.39, 0.29) is 13.0 Å². The molecule has 84 valence electrons. The standard InChI is InChI=1S/C8H11IN2O4/c9-7-2-11(4-10-7)8(14)1-5(13)6(3-12)15-8/h2,4-6,12-14H,1,3H2/t5-,6+,8-/m0/s1. The van der Waals surface area contributed by atoms with E-state index in [4.69, 9.17) is 9.84 Å². The zero-order valence-corrected chi connectivity index (χ0v) is 9.90. The van der Waals surface area contributed by atoms with Gasteiger partial charge in [-0.2, -0.15) is 0 Å². The van der Waals surface area contributed by atoms with Gasteiger partial charge in [0.1, 0.15) is 16.1 Å². The molecule has 0 bridgehead atoms. The highest BCUT2D eigenvalue weighted by Gasteiger charge is 2.46. The third-order valence-electron chi connectivity index (χ3n) is 2.38. The Morgan fingerprint density at radius 1 is 1.73 bits per heavy atom. The average Bonchev–Trinajstić information content (AvgIpc) is 2.72. The summed E-state index contributed by atoms with van der Waals surface area (Å²) in [6, 6.07) is 0. The first-order valence-electron chi connectivity index (χ1n) is 4.44. The van der Waals surface area contributed by atoms with Crippen LogP contribution in [0, 0.1) is 3.70 Å². The lowest BCUT2D eigenvalue weighted by Gasteiger charge is -2.23. The van der Waals surface area contributed by atoms with Crippen LogP contribution < -0.4 is 0 Å². The predicted octanol–water partition coefficient (Wildman–Crippen LogP) is -0.768. The maximum Gasteiger partial charge on any atom is 0.256 e. The van der Waals surface area contributed by atoms with Crippen LogP contribution in [0.5, 0.6) is 0 Å². The summed E-state index contributed by atoms with van der Waals surface area (Å²) in [7, 11) is 0. The Morgan fingerprint density at radius 3 is 2.93 bits per heavy atom. The van der Waals surface area contributed by atoms with Gasteiger partial charge in [-0.15, -0.1) is 0 Å². The van der Waals surface area contributed by atoms with Gasteiger partial charge in [0.2, 0.25) is 0 Å². The summed E-state index contributed by atoms with van der Waals surface area (Å²) in [5, 5.41) is 28.5. The van der Waals surface area contributed by atoms with Gasteiger partial charge < -0.3 is 20.1 Å². The van der Waals surface area contributed by atoms with Crippen molar-refractivity contribution in [2.75, 3.05) is 6.61 Å². The van der Waals surface area contributed by atoms with Gasteiger partial charge in [0.05, 0.1) is 19.1 Å². The van der Waals surface area contributed by atoms with E-state index >= 15 is 0 Å². The summed E-state index contributed by atoms with van der Waals surface area (Å²) in [5.41, 5.74) is 0. The number of rotatable bonds is 2. The molecule has 7 heteroatoms. The van der Waals surface area contributed by atoms with E-state index in [1.54, 1.807) is 6.20 Å². The van der Waals surface area contributed by atoms with Crippen molar-refractivity contribution in [2.45, 2.75) is 24.5 Å². The molecular formula is C8H11IN2O4. The number of nitrogens with zero attached hydrogens (tertiary/aromatic N) is 2. The number of hydrogen-bond acceptors (Lipinski definition) is 5. The monoisotopic (exact) mass is 326 g/mol. The van der Waals surface area contributed by atoms with Crippen molar-refractivity contribution in [1.82, 2.24) is 9.55 Å². The Bertz CT molecular complexity index is 358. The van der Waals surface area contributed by atoms with Crippen LogP contribution in [0.2, 0.25) is 0 Å². The highest BCUT2D eigenvalue weighted by molar-refractivity contribution is 14.1. The van der Waals surface area contributed by atoms with Gasteiger partial charge >= 0.3 is 0 Å². The van der Waals surface area contributed by atoms with Gasteiger partial charge in [-0.25, -0.2) is 4.98 Å². The summed E-state index contributed by atoms with van der Waals surface area (Å²) < 4.78 is 7.28. The summed E-state index contributed by atoms with van der Waals surface area (Å²) >= 11 is 2.00. The van der Waals surface area contributed by atoms with Gasteiger partial charge in [0.25, 0.3) is 5.91 Å². The fourth-order valence-corrected chi connectivity index (χ4v) is 2.01. The molecule has 0 aliphatic carbocycles. The molecule has 1 fully saturated rings. The predicted molar refractivity (Wildman–Crippen MR) is 57.7 cm³/mol. The SMILES string of the molecule is OC[C@H]1O[C@](O)(n2cnc(I)c2)C[C@@H]1O. The number of aliphatic hydroxyl groups is 3. The van der Waals surface area contributed by atoms with Crippen molar-refractivity contribution >= 4 is 22.6 Å². The van der Waals surface area contributed by atoms with Gasteiger partial charge in [0.15, 0.2) is 0 Å². The second kappa shape index (κ2) is 3.98. The molecule has 1 aromatic heterocycles. The van der Waals surface area contributed by atoms with Gasteiger partial charge in [-0.1, -0.05) is 0 Å². The van der Waals surface area contributed by atoms with Crippen molar-refractivity contribution in [3.05, 3.63) is 16.2 Å². The molecule has 15 heavy (non-hydrogen) atoms. The lowest BCUT2D eigenvalue weighted by Crippen LogP contribution is -2.33. The summed E-state index contributed by atoms with van der Waals surface area (Å²) in [4.78, 5) is 3.95. The first-order chi connectivity index (χ1) is 7.05. The number of halogens is 1. The topological polar surface area (TPSA) is 87.7 Å². The zero-order valence-electron chi connectivity index (χ0n) is 7.75. The van der Waals surface area contributed by atoms with E-state index < -0.39 is 18.1 Å². The van der Waals surface area contributed by atoms with Crippen molar-refractivity contribution < 1.29 is 20.1 Å². The lowest BCUT2D eigenvalue weighted by molar-refractivity contribution is -0.256. The van der Waals surface area contributed by atoms with E-state index in [9.17, 15) is 10.2 Å². The molecule has 1 aliphatic heterocycles. The van der Waals surface area contributed by atoms with Crippen LogP contribution in [0.3, 0.4) is 0 Å². The Labute approximate surface area is 99.6 Å². The molecule has 0 radical (unpaired) electrons. The van der Waals surface area contributed by atoms with Crippen LogP contribution in [-0.4, -0.2) is 43.7 Å². The molecule has 3 N–H and O–H groups in total. The molecule has 0 saturated carbocycles. The minimum atomic E-state index is -1.61. The molecule has 6 nitrogen and oxygen atoms in total. The molecule has 0 aromatic carbocycles. The third kappa shape index (κ3) is 2.02. The highest BCUT2D eigenvalue weighted by Crippen LogP contribution is 2.32. The van der Waals surface area contributed by atoms with Crippen molar-refractivity contribution in [3.63, 3.8) is 0 Å². The van der Waals surface area contributed by atoms with E-state index in [0.29, 0.717) is 3.70 Å². The normalized spacial score (nSPS) is 36.0. The minimum Gasteiger partial charge on any atom is -0.394 e. The fourth-order valence-electron chi connectivity index (χ4n) is 1.59. The van der Waals surface area contributed by atoms with Crippen molar-refractivity contribution in [1.29, 1.82) is 0 Å². The fraction of sp³-hybridized carbons (Fsp3) is 0.625. The molecule has 1 aromatic rings. The molecular weight excluding hydrogens is 315 g/mol. The van der Waals surface area contributed by atoms with Crippen LogP contribution in [0.1, 0.15) is 6.42 Å². The Morgan fingerprint density at radius 2 is 2.47 bits per heavy atom. The summed E-state index contributed by atoms with van der Waals surface area (Å²) in [5.74, 6) is -1.61. The highest BCUT2D eigenvalue weighted by atomic mass is 127. The first-order valence-corrected chi connectivity index (χ1v) is 5.52. The maximum atomic E-state index is 10.1. The number of aromatic nitrogens is 2. The quantitative estimate of drug-likeness (QED) is 0.622. The minimum absolute atomic E-state index is 0.0185. The summed E-state index contributed by atoms with van der Waals surface area (Å²) in [6.45, 7) is -0.324. The molecule has 0 unspecified atom stereocenters. The molecule has 1 saturated heterocycles. The van der Waals surface area contributed by atoms with Gasteiger partial charge in [0, 0.05) is 6.20 Å². The Kier molecular flexibility index (Phi) is 2.99. The van der Waals surface area contributed by atoms with Crippen LogP contribution >= 0.6 is 22.6 Å². The van der Waals surface area contributed by atoms with Crippen LogP contribution in [0.4, 0.5) is 0 Å². The Balaban J connectivity index is 2.22. The maximum absolute atomic E-state index is 10.1. The van der Waals surface area contributed by atoms with E-state index in [1.807, 2.05) is 22.6 Å². The van der Waals surface area contributed by atoms with E-state index in [0.717, 1.165) is 0 Å². The Hall–Kier alpha value is -0.220. The van der Waals surface area contributed by atoms with Crippen LogP contribution in [0.15, 0.2) is 12.5 Å². The molecule has 2 heterocycles. The molecule has 0 spiro atoms. The number of imidazole rings is 1. The second-order valence-corrected chi connectivity index (χ2v) is 4.56. The van der Waals surface area contributed by atoms with E-state index in [2.05, 4.69) is 4.98 Å². The van der Waals surface area contributed by atoms with E-state index in [1.165, 1.54) is 10.9 Å². The molecule has 2 rings (SSSR count).